The van der Waals surface area contributed by atoms with Crippen molar-refractivity contribution in [1.82, 2.24) is 30.4 Å². The Labute approximate surface area is 168 Å². The van der Waals surface area contributed by atoms with E-state index in [9.17, 15) is 9.59 Å². The highest BCUT2D eigenvalue weighted by molar-refractivity contribution is 5.96. The van der Waals surface area contributed by atoms with Gasteiger partial charge in [0.25, 0.3) is 11.8 Å². The molecule has 2 aromatic heterocycles. The Morgan fingerprint density at radius 3 is 2.62 bits per heavy atom. The number of H-pyrrole nitrogens is 1. The minimum absolute atomic E-state index is 0.148. The number of carbonyl (C=O) groups is 2. The second-order valence-electron chi connectivity index (χ2n) is 7.28. The normalized spacial score (nSPS) is 18.6. The van der Waals surface area contributed by atoms with E-state index in [4.69, 9.17) is 0 Å². The smallest absolute Gasteiger partial charge is 0.256 e. The fourth-order valence-corrected chi connectivity index (χ4v) is 3.61. The second-order valence-corrected chi connectivity index (χ2v) is 7.28. The van der Waals surface area contributed by atoms with Crippen LogP contribution in [0.2, 0.25) is 0 Å². The van der Waals surface area contributed by atoms with E-state index in [2.05, 4.69) is 25.5 Å². The van der Waals surface area contributed by atoms with Gasteiger partial charge in [0.15, 0.2) is 5.82 Å². The third-order valence-corrected chi connectivity index (χ3v) is 4.97. The third-order valence-electron chi connectivity index (χ3n) is 4.97. The van der Waals surface area contributed by atoms with Gasteiger partial charge < -0.3 is 10.2 Å². The first-order valence-electron chi connectivity index (χ1n) is 9.48. The number of pyridine rings is 1. The van der Waals surface area contributed by atoms with Gasteiger partial charge in [-0.1, -0.05) is 18.2 Å². The number of rotatable bonds is 4. The molecule has 3 heterocycles. The molecule has 0 unspecified atom stereocenters. The largest absolute Gasteiger partial charge is 0.347 e. The van der Waals surface area contributed by atoms with Gasteiger partial charge in [-0.15, -0.1) is 0 Å². The van der Waals surface area contributed by atoms with E-state index in [1.807, 2.05) is 38.1 Å². The molecule has 0 aliphatic carbocycles. The van der Waals surface area contributed by atoms with Crippen molar-refractivity contribution in [2.24, 2.45) is 0 Å². The Kier molecular flexibility index (Phi) is 5.07. The van der Waals surface area contributed by atoms with E-state index >= 15 is 0 Å². The van der Waals surface area contributed by atoms with Gasteiger partial charge in [0.05, 0.1) is 11.6 Å². The van der Waals surface area contributed by atoms with Crippen LogP contribution in [0.15, 0.2) is 48.8 Å². The first kappa shape index (κ1) is 18.8. The summed E-state index contributed by atoms with van der Waals surface area (Å²) in [6, 6.07) is 10.3. The summed E-state index contributed by atoms with van der Waals surface area (Å²) in [7, 11) is 0. The molecule has 0 saturated carbocycles. The predicted molar refractivity (Wildman–Crippen MR) is 106 cm³/mol. The molecular formula is C21H22N6O2. The molecule has 1 aliphatic heterocycles. The van der Waals surface area contributed by atoms with Gasteiger partial charge in [0.2, 0.25) is 0 Å². The molecule has 148 valence electrons. The summed E-state index contributed by atoms with van der Waals surface area (Å²) in [6.07, 6.45) is 3.81. The van der Waals surface area contributed by atoms with Crippen LogP contribution in [0.1, 0.15) is 50.4 Å². The summed E-state index contributed by atoms with van der Waals surface area (Å²) in [6.45, 7) is 4.09. The van der Waals surface area contributed by atoms with Crippen LogP contribution in [-0.4, -0.2) is 49.5 Å². The topological polar surface area (TPSA) is 104 Å². The second kappa shape index (κ2) is 7.83. The third kappa shape index (κ3) is 4.01. The summed E-state index contributed by atoms with van der Waals surface area (Å²) in [5, 5.41) is 10.1. The van der Waals surface area contributed by atoms with Crippen LogP contribution in [0.5, 0.6) is 0 Å². The van der Waals surface area contributed by atoms with E-state index in [1.54, 1.807) is 29.4 Å². The van der Waals surface area contributed by atoms with E-state index in [1.165, 1.54) is 0 Å². The highest BCUT2D eigenvalue weighted by Gasteiger charge is 2.39. The van der Waals surface area contributed by atoms with Crippen LogP contribution in [0.25, 0.3) is 0 Å². The first-order chi connectivity index (χ1) is 14.0. The molecule has 1 aliphatic rings. The summed E-state index contributed by atoms with van der Waals surface area (Å²) < 4.78 is 0. The minimum atomic E-state index is -0.325. The Morgan fingerprint density at radius 1 is 1.14 bits per heavy atom. The van der Waals surface area contributed by atoms with Crippen molar-refractivity contribution in [3.05, 3.63) is 77.1 Å². The van der Waals surface area contributed by atoms with Crippen LogP contribution >= 0.6 is 0 Å². The van der Waals surface area contributed by atoms with Crippen molar-refractivity contribution in [1.29, 1.82) is 0 Å². The van der Waals surface area contributed by atoms with Crippen molar-refractivity contribution in [2.45, 2.75) is 32.4 Å². The van der Waals surface area contributed by atoms with Crippen molar-refractivity contribution in [2.75, 3.05) is 6.54 Å². The number of amides is 2. The standard InChI is InChI=1S/C21H22N6O2/c1-13-8-16(11-22-10-13)21(29)27-12-17(9-18(27)19-23-14(2)25-26-19)24-20(28)15-6-4-3-5-7-15/h3-8,10-11,17-18H,9,12H2,1-2H3,(H,24,28)(H,23,25,26)/t17-,18-/m0/s1. The molecular weight excluding hydrogens is 368 g/mol. The number of hydrogen-bond donors (Lipinski definition) is 2. The van der Waals surface area contributed by atoms with Gasteiger partial charge in [0, 0.05) is 30.5 Å². The van der Waals surface area contributed by atoms with Crippen molar-refractivity contribution < 1.29 is 9.59 Å². The van der Waals surface area contributed by atoms with E-state index in [0.717, 1.165) is 5.56 Å². The van der Waals surface area contributed by atoms with Gasteiger partial charge in [-0.3, -0.25) is 19.7 Å². The summed E-state index contributed by atoms with van der Waals surface area (Å²) in [5.41, 5.74) is 2.01. The number of hydrogen-bond acceptors (Lipinski definition) is 5. The fraction of sp³-hybridized carbons (Fsp3) is 0.286. The van der Waals surface area contributed by atoms with Gasteiger partial charge in [0.1, 0.15) is 5.82 Å². The van der Waals surface area contributed by atoms with Gasteiger partial charge in [-0.2, -0.15) is 5.10 Å². The molecule has 0 bridgehead atoms. The lowest BCUT2D eigenvalue weighted by Gasteiger charge is -2.22. The highest BCUT2D eigenvalue weighted by Crippen LogP contribution is 2.31. The van der Waals surface area contributed by atoms with Crippen LogP contribution in [0, 0.1) is 13.8 Å². The van der Waals surface area contributed by atoms with Crippen LogP contribution in [0.3, 0.4) is 0 Å². The lowest BCUT2D eigenvalue weighted by Crippen LogP contribution is -2.38. The maximum atomic E-state index is 13.2. The molecule has 1 saturated heterocycles. The number of aryl methyl sites for hydroxylation is 2. The average molecular weight is 390 g/mol. The SMILES string of the molecule is Cc1cncc(C(=O)N2C[C@@H](NC(=O)c3ccccc3)C[C@H]2c2n[nH]c(C)n2)c1. The number of aromatic nitrogens is 4. The highest BCUT2D eigenvalue weighted by atomic mass is 16.2. The Hall–Kier alpha value is -3.55. The van der Waals surface area contributed by atoms with Crippen LogP contribution < -0.4 is 5.32 Å². The van der Waals surface area contributed by atoms with Crippen LogP contribution in [0.4, 0.5) is 0 Å². The molecule has 0 spiro atoms. The maximum Gasteiger partial charge on any atom is 0.256 e. The zero-order valence-corrected chi connectivity index (χ0v) is 16.3. The van der Waals surface area contributed by atoms with Crippen LogP contribution in [-0.2, 0) is 0 Å². The van der Waals surface area contributed by atoms with Gasteiger partial charge >= 0.3 is 0 Å². The van der Waals surface area contributed by atoms with E-state index < -0.39 is 0 Å². The molecule has 4 rings (SSSR count). The summed E-state index contributed by atoms with van der Waals surface area (Å²) in [4.78, 5) is 36.0. The zero-order chi connectivity index (χ0) is 20.4. The van der Waals surface area contributed by atoms with Crippen molar-refractivity contribution >= 4 is 11.8 Å². The maximum absolute atomic E-state index is 13.2. The van der Waals surface area contributed by atoms with E-state index in [-0.39, 0.29) is 23.9 Å². The summed E-state index contributed by atoms with van der Waals surface area (Å²) >= 11 is 0. The van der Waals surface area contributed by atoms with E-state index in [0.29, 0.717) is 35.7 Å². The fourth-order valence-electron chi connectivity index (χ4n) is 3.61. The Balaban J connectivity index is 1.58. The molecule has 8 heteroatoms. The molecule has 1 fully saturated rings. The number of likely N-dealkylation sites (tertiary alicyclic amines) is 1. The zero-order valence-electron chi connectivity index (χ0n) is 16.3. The molecule has 0 radical (unpaired) electrons. The minimum Gasteiger partial charge on any atom is -0.347 e. The quantitative estimate of drug-likeness (QED) is 0.711. The molecule has 1 aromatic carbocycles. The Morgan fingerprint density at radius 2 is 1.93 bits per heavy atom. The number of carbonyl (C=O) groups excluding carboxylic acids is 2. The monoisotopic (exact) mass is 390 g/mol. The number of aromatic amines is 1. The molecule has 2 amide bonds. The average Bonchev–Trinajstić information content (AvgIpc) is 3.34. The molecule has 2 atom stereocenters. The lowest BCUT2D eigenvalue weighted by molar-refractivity contribution is 0.0724. The van der Waals surface area contributed by atoms with Gasteiger partial charge in [-0.25, -0.2) is 4.98 Å². The molecule has 3 aromatic rings. The lowest BCUT2D eigenvalue weighted by atomic mass is 10.1. The summed E-state index contributed by atoms with van der Waals surface area (Å²) in [5.74, 6) is 0.923. The molecule has 8 nitrogen and oxygen atoms in total. The van der Waals surface area contributed by atoms with Crippen molar-refractivity contribution in [3.8, 4) is 0 Å². The number of nitrogens with zero attached hydrogens (tertiary/aromatic N) is 4. The van der Waals surface area contributed by atoms with Crippen molar-refractivity contribution in [3.63, 3.8) is 0 Å². The Bertz CT molecular complexity index is 1030. The molecule has 2 N–H and O–H groups in total. The number of benzene rings is 1. The molecule has 29 heavy (non-hydrogen) atoms. The van der Waals surface area contributed by atoms with Gasteiger partial charge in [-0.05, 0) is 44.0 Å². The first-order valence-corrected chi connectivity index (χ1v) is 9.48. The number of nitrogens with one attached hydrogen (secondary N) is 2. The predicted octanol–water partition coefficient (Wildman–Crippen LogP) is 2.20.